The van der Waals surface area contributed by atoms with Gasteiger partial charge in [0.2, 0.25) is 0 Å². The average Bonchev–Trinajstić information content (AvgIpc) is 1.62. The van der Waals surface area contributed by atoms with E-state index < -0.39 is 0 Å². The molecule has 29 aromatic rings. The first-order valence-electron chi connectivity index (χ1n) is 45.9. The number of aromatic nitrogens is 14. The highest BCUT2D eigenvalue weighted by Crippen LogP contribution is 2.47. The van der Waals surface area contributed by atoms with E-state index >= 15 is 0 Å². The van der Waals surface area contributed by atoms with Crippen molar-refractivity contribution in [3.8, 4) is 101 Å². The molecule has 0 spiro atoms. The zero-order valence-corrected chi connectivity index (χ0v) is 73.5. The van der Waals surface area contributed by atoms with E-state index in [-0.39, 0.29) is 0 Å². The van der Waals surface area contributed by atoms with E-state index in [0.717, 1.165) is 211 Å². The molecule has 0 radical (unpaired) electrons. The van der Waals surface area contributed by atoms with Crippen LogP contribution >= 0.6 is 0 Å². The Kier molecular flexibility index (Phi) is 18.3. The first-order valence-corrected chi connectivity index (χ1v) is 45.9. The third kappa shape index (κ3) is 13.1. The molecular weight excluding hydrogens is 1670 g/mol. The lowest BCUT2D eigenvalue weighted by Gasteiger charge is -2.16. The highest BCUT2D eigenvalue weighted by molar-refractivity contribution is 6.28. The van der Waals surface area contributed by atoms with Gasteiger partial charge in [0.15, 0.2) is 0 Å². The fraction of sp³-hybridized carbons (Fsp3) is 0. The van der Waals surface area contributed by atoms with Gasteiger partial charge in [-0.3, -0.25) is 23.2 Å². The maximum absolute atomic E-state index is 5.30. The largest absolute Gasteiger partial charge is 0.299 e. The molecular formula is C123H74N14. The lowest BCUT2D eigenvalue weighted by molar-refractivity contribution is 1.23. The summed E-state index contributed by atoms with van der Waals surface area (Å²) in [6, 6.07) is 146. The second-order valence-electron chi connectivity index (χ2n) is 34.7. The second kappa shape index (κ2) is 32.1. The van der Waals surface area contributed by atoms with Gasteiger partial charge in [0.1, 0.15) is 28.3 Å². The maximum atomic E-state index is 5.30. The summed E-state index contributed by atoms with van der Waals surface area (Å²) in [6.45, 7) is 0. The van der Waals surface area contributed by atoms with Crippen LogP contribution in [0.2, 0.25) is 0 Å². The van der Waals surface area contributed by atoms with Crippen molar-refractivity contribution in [2.45, 2.75) is 0 Å². The van der Waals surface area contributed by atoms with E-state index in [1.54, 1.807) is 12.4 Å². The van der Waals surface area contributed by atoms with E-state index in [9.17, 15) is 0 Å². The number of hydrogen-bond acceptors (Lipinski definition) is 11. The molecule has 0 fully saturated rings. The Bertz CT molecular complexity index is 9990. The number of benzene rings is 18. The quantitative estimate of drug-likeness (QED) is 0.127. The van der Waals surface area contributed by atoms with E-state index in [2.05, 4.69) is 363 Å². The highest BCUT2D eigenvalue weighted by Gasteiger charge is 2.26. The minimum atomic E-state index is 0.761. The number of imidazole rings is 3. The number of nitrogens with zero attached hydrogens (tertiary/aromatic N) is 14. The van der Waals surface area contributed by atoms with Gasteiger partial charge in [0.05, 0.1) is 100 Å². The van der Waals surface area contributed by atoms with Crippen molar-refractivity contribution in [1.82, 2.24) is 68.0 Å². The molecule has 137 heavy (non-hydrogen) atoms. The van der Waals surface area contributed by atoms with Crippen LogP contribution in [-0.4, -0.2) is 68.0 Å². The molecule has 0 saturated carbocycles. The van der Waals surface area contributed by atoms with Crippen LogP contribution in [0.25, 0.3) is 271 Å². The molecule has 29 rings (SSSR count). The predicted octanol–water partition coefficient (Wildman–Crippen LogP) is 30.3. The van der Waals surface area contributed by atoms with Crippen molar-refractivity contribution in [2.75, 3.05) is 0 Å². The Balaban J connectivity index is 0.000000104. The number of pyridine rings is 5. The summed E-state index contributed by atoms with van der Waals surface area (Å²) in [6.07, 6.45) is 9.91. The predicted molar refractivity (Wildman–Crippen MR) is 562 cm³/mol. The van der Waals surface area contributed by atoms with Crippen LogP contribution in [0.4, 0.5) is 0 Å². The van der Waals surface area contributed by atoms with Gasteiger partial charge < -0.3 is 0 Å². The fourth-order valence-corrected chi connectivity index (χ4v) is 20.5. The van der Waals surface area contributed by atoms with Gasteiger partial charge in [-0.2, -0.15) is 0 Å². The van der Waals surface area contributed by atoms with Gasteiger partial charge in [-0.15, -0.1) is 0 Å². The average molecular weight is 1750 g/mol. The van der Waals surface area contributed by atoms with Crippen molar-refractivity contribution in [1.29, 1.82) is 0 Å². The summed E-state index contributed by atoms with van der Waals surface area (Å²) in [5.41, 5.74) is 31.9. The molecule has 11 heterocycles. The van der Waals surface area contributed by atoms with Crippen LogP contribution in [0.3, 0.4) is 0 Å². The number of fused-ring (bicyclic) bond motifs is 31. The summed E-state index contributed by atoms with van der Waals surface area (Å²) < 4.78 is 6.60. The highest BCUT2D eigenvalue weighted by atomic mass is 15.0. The van der Waals surface area contributed by atoms with Crippen LogP contribution in [-0.2, 0) is 0 Å². The molecule has 0 atom stereocenters. The van der Waals surface area contributed by atoms with Crippen LogP contribution in [0.5, 0.6) is 0 Å². The van der Waals surface area contributed by atoms with Gasteiger partial charge in [-0.25, -0.2) is 44.9 Å². The first-order chi connectivity index (χ1) is 67.9. The monoisotopic (exact) mass is 1750 g/mol. The molecule has 0 unspecified atom stereocenters. The molecule has 14 heteroatoms. The van der Waals surface area contributed by atoms with Crippen molar-refractivity contribution >= 4 is 169 Å². The summed E-state index contributed by atoms with van der Waals surface area (Å²) in [4.78, 5) is 56.0. The molecule has 0 aliphatic heterocycles. The van der Waals surface area contributed by atoms with Crippen molar-refractivity contribution in [2.24, 2.45) is 0 Å². The fourth-order valence-electron chi connectivity index (χ4n) is 20.5. The van der Waals surface area contributed by atoms with Gasteiger partial charge in [0, 0.05) is 96.3 Å². The lowest BCUT2D eigenvalue weighted by Crippen LogP contribution is -1.98. The molecule has 0 aliphatic carbocycles. The number of rotatable bonds is 9. The molecule has 0 N–H and O–H groups in total. The lowest BCUT2D eigenvalue weighted by atomic mass is 9.91. The van der Waals surface area contributed by atoms with Gasteiger partial charge in [-0.1, -0.05) is 309 Å². The SMILES string of the molecule is c1ccc(-c2cc3nc(-c4ccccc4)c(-c4ccccn4)nc3cc2-c2ccc3c(c2)c2ccccc2c2nc4ccccn4c32)cc1.c1ccc(-c2nc3c(ccc4cc(-c5ccc6c(c5)c5ccccc5c5nc7ccccn7c65)ccc43)nc2-c2ccccn2)cc1.c1ccc(-c2nc3c(ccc4ccccc43)nc2-c2ccc3c(c2)c2ccccc2c2nc4ccccn4c32)cc1. The molecule has 0 bridgehead atoms. The minimum absolute atomic E-state index is 0.761. The Morgan fingerprint density at radius 3 is 0.964 bits per heavy atom. The zero-order valence-electron chi connectivity index (χ0n) is 73.5. The zero-order chi connectivity index (χ0) is 90.1. The summed E-state index contributed by atoms with van der Waals surface area (Å²) in [5, 5.41) is 18.6. The van der Waals surface area contributed by atoms with Crippen molar-refractivity contribution < 1.29 is 0 Å². The third-order valence-corrected chi connectivity index (χ3v) is 26.8. The Morgan fingerprint density at radius 1 is 0.161 bits per heavy atom. The Labute approximate surface area is 782 Å². The topological polar surface area (TPSA) is 155 Å². The standard InChI is InChI=1S/C44H27N5.C42H25N5.C37H22N4/c1-3-13-28(14-4-1)34-26-38-39(47-43(37-19-9-11-23-45-37)41(46-38)29-15-5-2-6-16-29)27-35(34)30-21-22-33-36(25-30)31-17-7-8-18-32(31)42-44(33)49-24-12-10-20-40(49)48-42;1-2-10-26(11-3-1)38-41(35-14-6-8-22-43-35)44-36-21-18-29-24-27(16-19-30(29)39(36)46-38)28-17-20-33-34(25-28)31-12-4-5-13-32(31)40-42(33)47-23-9-7-15-37(47)45-40;1-2-11-24(12-3-1)33-34(38-31-20-18-23-10-4-5-13-26(23)35(31)40-33)25-17-19-29-30(22-25)27-14-6-7-15-28(27)36-37(29)41-21-9-8-16-32(41)39-36/h1-27H;1-25H;1-22H. The molecule has 18 aromatic carbocycles. The van der Waals surface area contributed by atoms with E-state index in [0.29, 0.717) is 0 Å². The Morgan fingerprint density at radius 2 is 0.489 bits per heavy atom. The molecule has 0 aliphatic rings. The van der Waals surface area contributed by atoms with Crippen LogP contribution < -0.4 is 0 Å². The second-order valence-corrected chi connectivity index (χ2v) is 34.7. The summed E-state index contributed by atoms with van der Waals surface area (Å²) in [5.74, 6) is 0. The normalized spacial score (nSPS) is 11.8. The van der Waals surface area contributed by atoms with Crippen LogP contribution in [0.1, 0.15) is 0 Å². The molecule has 0 amide bonds. The van der Waals surface area contributed by atoms with Gasteiger partial charge in [0.25, 0.3) is 0 Å². The van der Waals surface area contributed by atoms with Crippen LogP contribution in [0.15, 0.2) is 450 Å². The summed E-state index contributed by atoms with van der Waals surface area (Å²) >= 11 is 0. The molecule has 14 nitrogen and oxygen atoms in total. The molecule has 0 saturated heterocycles. The smallest absolute Gasteiger partial charge is 0.137 e. The Hall–Kier alpha value is -18.8. The third-order valence-electron chi connectivity index (χ3n) is 26.8. The van der Waals surface area contributed by atoms with E-state index in [4.69, 9.17) is 44.9 Å². The molecule has 636 valence electrons. The minimum Gasteiger partial charge on any atom is -0.299 e. The summed E-state index contributed by atoms with van der Waals surface area (Å²) in [7, 11) is 0. The molecule has 11 aromatic heterocycles. The van der Waals surface area contributed by atoms with E-state index in [1.165, 1.54) is 59.4 Å². The van der Waals surface area contributed by atoms with Gasteiger partial charge >= 0.3 is 0 Å². The van der Waals surface area contributed by atoms with Crippen molar-refractivity contribution in [3.05, 3.63) is 450 Å². The maximum Gasteiger partial charge on any atom is 0.137 e. The van der Waals surface area contributed by atoms with Gasteiger partial charge in [-0.05, 0) is 186 Å². The first kappa shape index (κ1) is 78.1. The van der Waals surface area contributed by atoms with E-state index in [1.807, 2.05) is 97.1 Å². The van der Waals surface area contributed by atoms with Crippen LogP contribution in [0, 0.1) is 0 Å². The number of hydrogen-bond donors (Lipinski definition) is 0. The van der Waals surface area contributed by atoms with Crippen molar-refractivity contribution in [3.63, 3.8) is 0 Å².